The van der Waals surface area contributed by atoms with Crippen LogP contribution in [-0.2, 0) is 16.8 Å². The summed E-state index contributed by atoms with van der Waals surface area (Å²) in [5.41, 5.74) is 4.45. The van der Waals surface area contributed by atoms with Gasteiger partial charge in [0, 0.05) is 53.7 Å². The van der Waals surface area contributed by atoms with E-state index < -0.39 is 0 Å². The van der Waals surface area contributed by atoms with Gasteiger partial charge in [0.15, 0.2) is 0 Å². The molecule has 33 heavy (non-hydrogen) atoms. The molecule has 0 unspecified atom stereocenters. The molecule has 0 atom stereocenters. The van der Waals surface area contributed by atoms with Gasteiger partial charge in [0.25, 0.3) is 5.91 Å². The molecule has 0 bridgehead atoms. The summed E-state index contributed by atoms with van der Waals surface area (Å²) < 4.78 is 11.6. The molecule has 1 N–H and O–H groups in total. The van der Waals surface area contributed by atoms with E-state index in [1.807, 2.05) is 56.3 Å². The van der Waals surface area contributed by atoms with Gasteiger partial charge in [0.05, 0.1) is 0 Å². The molecule has 3 aromatic rings. The lowest BCUT2D eigenvalue weighted by molar-refractivity contribution is 0.0487. The standard InChI is InChI=1S/C27H29ClN2O3/c1-19-13-22(14-20(2)25(19)33-17-21-5-4-10-29-16-21)26(31)30-18-27(8-11-32-12-9-27)23-6-3-7-24(28)15-23/h3-7,10,13-16H,8-9,11-12,17-18H2,1-2H3,(H,30,31). The van der Waals surface area contributed by atoms with Crippen LogP contribution in [0.15, 0.2) is 60.9 Å². The molecule has 5 nitrogen and oxygen atoms in total. The number of halogens is 1. The predicted octanol–water partition coefficient (Wildman–Crippen LogP) is 5.41. The minimum absolute atomic E-state index is 0.0899. The lowest BCUT2D eigenvalue weighted by Gasteiger charge is -2.38. The topological polar surface area (TPSA) is 60.5 Å². The number of aryl methyl sites for hydroxylation is 2. The molecule has 2 heterocycles. The maximum absolute atomic E-state index is 13.1. The zero-order valence-corrected chi connectivity index (χ0v) is 19.8. The van der Waals surface area contributed by atoms with Crippen LogP contribution in [0.1, 0.15) is 45.5 Å². The van der Waals surface area contributed by atoms with E-state index in [-0.39, 0.29) is 11.3 Å². The summed E-state index contributed by atoms with van der Waals surface area (Å²) in [5.74, 6) is 0.711. The summed E-state index contributed by atoms with van der Waals surface area (Å²) in [4.78, 5) is 17.2. The van der Waals surface area contributed by atoms with E-state index in [9.17, 15) is 4.79 Å². The average Bonchev–Trinajstić information content (AvgIpc) is 2.83. The molecular weight excluding hydrogens is 436 g/mol. The van der Waals surface area contributed by atoms with Crippen LogP contribution in [0.25, 0.3) is 0 Å². The van der Waals surface area contributed by atoms with Crippen LogP contribution in [0, 0.1) is 13.8 Å². The lowest BCUT2D eigenvalue weighted by Crippen LogP contribution is -2.44. The van der Waals surface area contributed by atoms with Crippen LogP contribution in [0.4, 0.5) is 0 Å². The van der Waals surface area contributed by atoms with Crippen molar-refractivity contribution in [3.63, 3.8) is 0 Å². The van der Waals surface area contributed by atoms with E-state index in [1.54, 1.807) is 12.4 Å². The highest BCUT2D eigenvalue weighted by molar-refractivity contribution is 6.30. The Hall–Kier alpha value is -2.89. The van der Waals surface area contributed by atoms with Crippen molar-refractivity contribution in [3.8, 4) is 5.75 Å². The van der Waals surface area contributed by atoms with E-state index in [0.29, 0.717) is 37.0 Å². The summed E-state index contributed by atoms with van der Waals surface area (Å²) in [6.07, 6.45) is 5.21. The molecule has 0 spiro atoms. The monoisotopic (exact) mass is 464 g/mol. The minimum atomic E-state index is -0.185. The third-order valence-electron chi connectivity index (χ3n) is 6.30. The molecule has 1 aliphatic rings. The van der Waals surface area contributed by atoms with E-state index in [1.165, 1.54) is 0 Å². The van der Waals surface area contributed by atoms with Crippen molar-refractivity contribution in [2.24, 2.45) is 0 Å². The Morgan fingerprint density at radius 1 is 1.12 bits per heavy atom. The first kappa shape index (κ1) is 23.3. The van der Waals surface area contributed by atoms with Crippen LogP contribution in [0.2, 0.25) is 5.02 Å². The third kappa shape index (κ3) is 5.55. The van der Waals surface area contributed by atoms with Crippen molar-refractivity contribution >= 4 is 17.5 Å². The van der Waals surface area contributed by atoms with Gasteiger partial charge in [-0.25, -0.2) is 0 Å². The zero-order valence-electron chi connectivity index (χ0n) is 19.1. The Kier molecular flexibility index (Phi) is 7.31. The number of pyridine rings is 1. The molecule has 1 aliphatic heterocycles. The first-order valence-electron chi connectivity index (χ1n) is 11.2. The zero-order chi connectivity index (χ0) is 23.3. The number of ether oxygens (including phenoxy) is 2. The summed E-state index contributed by atoms with van der Waals surface area (Å²) in [5, 5.41) is 3.88. The van der Waals surface area contributed by atoms with Gasteiger partial charge in [-0.15, -0.1) is 0 Å². The molecule has 0 radical (unpaired) electrons. The molecule has 0 saturated carbocycles. The average molecular weight is 465 g/mol. The highest BCUT2D eigenvalue weighted by Crippen LogP contribution is 2.35. The number of carbonyl (C=O) groups is 1. The number of nitrogens with zero attached hydrogens (tertiary/aromatic N) is 1. The van der Waals surface area contributed by atoms with Crippen molar-refractivity contribution < 1.29 is 14.3 Å². The molecular formula is C27H29ClN2O3. The molecule has 0 aliphatic carbocycles. The van der Waals surface area contributed by atoms with Crippen LogP contribution < -0.4 is 10.1 Å². The third-order valence-corrected chi connectivity index (χ3v) is 6.54. The van der Waals surface area contributed by atoms with Gasteiger partial charge in [0.2, 0.25) is 0 Å². The maximum atomic E-state index is 13.1. The Morgan fingerprint density at radius 2 is 1.88 bits per heavy atom. The molecule has 4 rings (SSSR count). The van der Waals surface area contributed by atoms with Crippen molar-refractivity contribution in [2.45, 2.75) is 38.7 Å². The Balaban J connectivity index is 1.47. The first-order valence-corrected chi connectivity index (χ1v) is 11.6. The number of hydrogen-bond donors (Lipinski definition) is 1. The quantitative estimate of drug-likeness (QED) is 0.508. The number of aromatic nitrogens is 1. The predicted molar refractivity (Wildman–Crippen MR) is 130 cm³/mol. The fourth-order valence-electron chi connectivity index (χ4n) is 4.45. The largest absolute Gasteiger partial charge is 0.488 e. The Bertz CT molecular complexity index is 1090. The van der Waals surface area contributed by atoms with Gasteiger partial charge in [-0.1, -0.05) is 29.8 Å². The van der Waals surface area contributed by atoms with E-state index in [2.05, 4.69) is 16.4 Å². The van der Waals surface area contributed by atoms with Gasteiger partial charge in [0.1, 0.15) is 12.4 Å². The summed E-state index contributed by atoms with van der Waals surface area (Å²) in [7, 11) is 0. The minimum Gasteiger partial charge on any atom is -0.488 e. The fourth-order valence-corrected chi connectivity index (χ4v) is 4.64. The van der Waals surface area contributed by atoms with Crippen molar-refractivity contribution in [1.29, 1.82) is 0 Å². The van der Waals surface area contributed by atoms with Crippen LogP contribution >= 0.6 is 11.6 Å². The Labute approximate surface area is 200 Å². The maximum Gasteiger partial charge on any atom is 0.251 e. The van der Waals surface area contributed by atoms with Gasteiger partial charge < -0.3 is 14.8 Å². The number of benzene rings is 2. The van der Waals surface area contributed by atoms with Crippen LogP contribution in [0.3, 0.4) is 0 Å². The summed E-state index contributed by atoms with van der Waals surface area (Å²) in [6, 6.07) is 15.6. The molecule has 1 saturated heterocycles. The van der Waals surface area contributed by atoms with Crippen LogP contribution in [-0.4, -0.2) is 30.6 Å². The van der Waals surface area contributed by atoms with Gasteiger partial charge in [-0.3, -0.25) is 9.78 Å². The van der Waals surface area contributed by atoms with Crippen molar-refractivity contribution in [3.05, 3.63) is 93.8 Å². The lowest BCUT2D eigenvalue weighted by atomic mass is 9.74. The second-order valence-electron chi connectivity index (χ2n) is 8.67. The smallest absolute Gasteiger partial charge is 0.251 e. The highest BCUT2D eigenvalue weighted by Gasteiger charge is 2.35. The second-order valence-corrected chi connectivity index (χ2v) is 9.11. The normalized spacial score (nSPS) is 15.1. The number of nitrogens with one attached hydrogen (secondary N) is 1. The van der Waals surface area contributed by atoms with E-state index in [0.717, 1.165) is 40.8 Å². The molecule has 1 aromatic heterocycles. The SMILES string of the molecule is Cc1cc(C(=O)NCC2(c3cccc(Cl)c3)CCOCC2)cc(C)c1OCc1cccnc1. The van der Waals surface area contributed by atoms with Gasteiger partial charge >= 0.3 is 0 Å². The van der Waals surface area contributed by atoms with E-state index in [4.69, 9.17) is 21.1 Å². The van der Waals surface area contributed by atoms with Crippen molar-refractivity contribution in [1.82, 2.24) is 10.3 Å². The summed E-state index contributed by atoms with van der Waals surface area (Å²) >= 11 is 6.27. The molecule has 172 valence electrons. The molecule has 1 amide bonds. The van der Waals surface area contributed by atoms with Gasteiger partial charge in [-0.05, 0) is 73.7 Å². The van der Waals surface area contributed by atoms with Crippen LogP contribution in [0.5, 0.6) is 5.75 Å². The number of rotatable bonds is 7. The molecule has 1 fully saturated rings. The van der Waals surface area contributed by atoms with Gasteiger partial charge in [-0.2, -0.15) is 0 Å². The van der Waals surface area contributed by atoms with Crippen molar-refractivity contribution in [2.75, 3.05) is 19.8 Å². The summed E-state index contributed by atoms with van der Waals surface area (Å²) in [6.45, 7) is 6.24. The van der Waals surface area contributed by atoms with E-state index >= 15 is 0 Å². The number of amides is 1. The molecule has 6 heteroatoms. The number of hydrogen-bond acceptors (Lipinski definition) is 4. The Morgan fingerprint density at radius 3 is 2.55 bits per heavy atom. The first-order chi connectivity index (χ1) is 16.0. The number of carbonyl (C=O) groups excluding carboxylic acids is 1. The fraction of sp³-hybridized carbons (Fsp3) is 0.333. The molecule has 2 aromatic carbocycles. The highest BCUT2D eigenvalue weighted by atomic mass is 35.5. The second kappa shape index (κ2) is 10.4.